The molecule has 1 unspecified atom stereocenters. The van der Waals surface area contributed by atoms with Gasteiger partial charge in [0.2, 0.25) is 0 Å². The molecule has 1 atom stereocenters. The Morgan fingerprint density at radius 3 is 2.67 bits per heavy atom. The van der Waals surface area contributed by atoms with Crippen LogP contribution in [0.4, 0.5) is 13.2 Å². The van der Waals surface area contributed by atoms with Gasteiger partial charge >= 0.3 is 6.18 Å². The van der Waals surface area contributed by atoms with Gasteiger partial charge in [0.05, 0.1) is 5.57 Å². The molecule has 0 radical (unpaired) electrons. The van der Waals surface area contributed by atoms with Gasteiger partial charge in [0, 0.05) is 5.33 Å². The molecule has 0 heterocycles. The van der Waals surface area contributed by atoms with Crippen LogP contribution in [-0.2, 0) is 0 Å². The van der Waals surface area contributed by atoms with Gasteiger partial charge in [0.15, 0.2) is 0 Å². The highest BCUT2D eigenvalue weighted by Crippen LogP contribution is 2.37. The fraction of sp³-hybridized carbons (Fsp3) is 0.636. The SMILES string of the molecule is CC1C=C(CCCBr)C(C(F)(F)F)=CC1. The van der Waals surface area contributed by atoms with E-state index >= 15 is 0 Å². The summed E-state index contributed by atoms with van der Waals surface area (Å²) in [6.45, 7) is 1.94. The van der Waals surface area contributed by atoms with Gasteiger partial charge < -0.3 is 0 Å². The molecule has 0 bridgehead atoms. The summed E-state index contributed by atoms with van der Waals surface area (Å²) in [4.78, 5) is 0. The van der Waals surface area contributed by atoms with E-state index in [2.05, 4.69) is 15.9 Å². The van der Waals surface area contributed by atoms with Gasteiger partial charge in [0.25, 0.3) is 0 Å². The smallest absolute Gasteiger partial charge is 0.166 e. The predicted octanol–water partition coefficient (Wildman–Crippen LogP) is 4.62. The molecule has 0 fully saturated rings. The van der Waals surface area contributed by atoms with Crippen LogP contribution in [0.25, 0.3) is 0 Å². The van der Waals surface area contributed by atoms with Crippen LogP contribution in [0.2, 0.25) is 0 Å². The van der Waals surface area contributed by atoms with E-state index in [0.29, 0.717) is 18.4 Å². The Morgan fingerprint density at radius 2 is 2.13 bits per heavy atom. The molecule has 0 aromatic rings. The third-order valence-corrected chi connectivity index (χ3v) is 2.97. The van der Waals surface area contributed by atoms with E-state index in [4.69, 9.17) is 0 Å². The predicted molar refractivity (Wildman–Crippen MR) is 59.0 cm³/mol. The zero-order valence-corrected chi connectivity index (χ0v) is 10.2. The molecule has 0 aromatic heterocycles. The topological polar surface area (TPSA) is 0 Å². The van der Waals surface area contributed by atoms with Crippen molar-refractivity contribution in [3.05, 3.63) is 23.3 Å². The Labute approximate surface area is 96.4 Å². The minimum absolute atomic E-state index is 0.224. The Hall–Kier alpha value is -0.250. The van der Waals surface area contributed by atoms with Crippen molar-refractivity contribution in [3.8, 4) is 0 Å². The summed E-state index contributed by atoms with van der Waals surface area (Å²) in [5, 5.41) is 0.740. The summed E-state index contributed by atoms with van der Waals surface area (Å²) in [5.74, 6) is 0.224. The van der Waals surface area contributed by atoms with Crippen molar-refractivity contribution in [2.75, 3.05) is 5.33 Å². The molecule has 4 heteroatoms. The zero-order chi connectivity index (χ0) is 11.5. The van der Waals surface area contributed by atoms with Crippen molar-refractivity contribution in [2.45, 2.75) is 32.4 Å². The summed E-state index contributed by atoms with van der Waals surface area (Å²) in [5.41, 5.74) is 0.0299. The van der Waals surface area contributed by atoms with Crippen LogP contribution in [0.15, 0.2) is 23.3 Å². The second-order valence-corrected chi connectivity index (χ2v) is 4.61. The van der Waals surface area contributed by atoms with Gasteiger partial charge in [-0.3, -0.25) is 0 Å². The van der Waals surface area contributed by atoms with E-state index in [1.54, 1.807) is 6.08 Å². The number of halogens is 4. The van der Waals surface area contributed by atoms with E-state index in [-0.39, 0.29) is 5.92 Å². The van der Waals surface area contributed by atoms with Crippen LogP contribution < -0.4 is 0 Å². The second-order valence-electron chi connectivity index (χ2n) is 3.81. The molecular formula is C11H14BrF3. The zero-order valence-electron chi connectivity index (χ0n) is 8.57. The molecule has 0 saturated carbocycles. The van der Waals surface area contributed by atoms with E-state index in [9.17, 15) is 13.2 Å². The molecule has 0 aliphatic heterocycles. The fourth-order valence-corrected chi connectivity index (χ4v) is 1.99. The van der Waals surface area contributed by atoms with Gasteiger partial charge in [-0.1, -0.05) is 35.0 Å². The van der Waals surface area contributed by atoms with Gasteiger partial charge in [0.1, 0.15) is 0 Å². The van der Waals surface area contributed by atoms with Crippen LogP contribution in [0, 0.1) is 5.92 Å². The van der Waals surface area contributed by atoms with Crippen LogP contribution in [0.5, 0.6) is 0 Å². The van der Waals surface area contributed by atoms with E-state index in [1.165, 1.54) is 6.08 Å². The van der Waals surface area contributed by atoms with Gasteiger partial charge in [-0.25, -0.2) is 0 Å². The molecule has 0 amide bonds. The van der Waals surface area contributed by atoms with Crippen molar-refractivity contribution < 1.29 is 13.2 Å². The Balaban J connectivity index is 2.81. The minimum Gasteiger partial charge on any atom is -0.166 e. The highest BCUT2D eigenvalue weighted by Gasteiger charge is 2.36. The standard InChI is InChI=1S/C11H14BrF3/c1-8-4-5-10(11(13,14)15)9(7-8)3-2-6-12/h5,7-8H,2-4,6H2,1H3. The molecule has 0 N–H and O–H groups in total. The van der Waals surface area contributed by atoms with Gasteiger partial charge in [-0.15, -0.1) is 0 Å². The van der Waals surface area contributed by atoms with Crippen molar-refractivity contribution in [2.24, 2.45) is 5.92 Å². The van der Waals surface area contributed by atoms with Gasteiger partial charge in [-0.05, 0) is 30.8 Å². The lowest BCUT2D eigenvalue weighted by molar-refractivity contribution is -0.0901. The molecule has 86 valence electrons. The Bertz CT molecular complexity index is 276. The first kappa shape index (κ1) is 12.8. The monoisotopic (exact) mass is 282 g/mol. The highest BCUT2D eigenvalue weighted by molar-refractivity contribution is 9.09. The highest BCUT2D eigenvalue weighted by atomic mass is 79.9. The largest absolute Gasteiger partial charge is 0.416 e. The molecule has 1 aliphatic rings. The van der Waals surface area contributed by atoms with Gasteiger partial charge in [-0.2, -0.15) is 13.2 Å². The average Bonchev–Trinajstić information content (AvgIpc) is 2.12. The number of hydrogen-bond donors (Lipinski definition) is 0. The Morgan fingerprint density at radius 1 is 1.47 bits per heavy atom. The molecule has 1 aliphatic carbocycles. The quantitative estimate of drug-likeness (QED) is 0.663. The first-order valence-corrected chi connectivity index (χ1v) is 6.11. The second kappa shape index (κ2) is 5.19. The third-order valence-electron chi connectivity index (χ3n) is 2.41. The van der Waals surface area contributed by atoms with Crippen LogP contribution in [-0.4, -0.2) is 11.5 Å². The van der Waals surface area contributed by atoms with Crippen molar-refractivity contribution >= 4 is 15.9 Å². The lowest BCUT2D eigenvalue weighted by Gasteiger charge is -2.21. The summed E-state index contributed by atoms with van der Waals surface area (Å²) in [6.07, 6.45) is 0.623. The minimum atomic E-state index is -4.20. The Kier molecular flexibility index (Phi) is 4.44. The number of rotatable bonds is 3. The summed E-state index contributed by atoms with van der Waals surface area (Å²) < 4.78 is 37.9. The number of hydrogen-bond acceptors (Lipinski definition) is 0. The lowest BCUT2D eigenvalue weighted by Crippen LogP contribution is -2.17. The van der Waals surface area contributed by atoms with Crippen molar-refractivity contribution in [3.63, 3.8) is 0 Å². The molecule has 0 spiro atoms. The van der Waals surface area contributed by atoms with E-state index in [1.807, 2.05) is 6.92 Å². The van der Waals surface area contributed by atoms with E-state index < -0.39 is 11.7 Å². The lowest BCUT2D eigenvalue weighted by atomic mass is 9.89. The maximum atomic E-state index is 12.6. The van der Waals surface area contributed by atoms with E-state index in [0.717, 1.165) is 11.8 Å². The summed E-state index contributed by atoms with van der Waals surface area (Å²) in [6, 6.07) is 0. The third kappa shape index (κ3) is 3.67. The molecular weight excluding hydrogens is 269 g/mol. The number of allylic oxidation sites excluding steroid dienone is 4. The first-order chi connectivity index (χ1) is 6.95. The van der Waals surface area contributed by atoms with Crippen molar-refractivity contribution in [1.29, 1.82) is 0 Å². The molecule has 1 rings (SSSR count). The average molecular weight is 283 g/mol. The molecule has 0 nitrogen and oxygen atoms in total. The van der Waals surface area contributed by atoms with Crippen LogP contribution in [0.3, 0.4) is 0 Å². The first-order valence-electron chi connectivity index (χ1n) is 4.99. The maximum Gasteiger partial charge on any atom is 0.416 e. The summed E-state index contributed by atoms with van der Waals surface area (Å²) in [7, 11) is 0. The maximum absolute atomic E-state index is 12.6. The summed E-state index contributed by atoms with van der Waals surface area (Å²) >= 11 is 3.23. The molecule has 0 aromatic carbocycles. The molecule has 0 saturated heterocycles. The van der Waals surface area contributed by atoms with Crippen LogP contribution in [0.1, 0.15) is 26.2 Å². The van der Waals surface area contributed by atoms with Crippen molar-refractivity contribution in [1.82, 2.24) is 0 Å². The normalized spacial score (nSPS) is 22.3. The fourth-order valence-electron chi connectivity index (χ4n) is 1.71. The number of alkyl halides is 4. The van der Waals surface area contributed by atoms with Crippen LogP contribution >= 0.6 is 15.9 Å². The molecule has 15 heavy (non-hydrogen) atoms.